The molecule has 0 radical (unpaired) electrons. The van der Waals surface area contributed by atoms with E-state index in [0.29, 0.717) is 18.8 Å². The summed E-state index contributed by atoms with van der Waals surface area (Å²) in [5.74, 6) is -1.09. The Labute approximate surface area is 204 Å². The van der Waals surface area contributed by atoms with Crippen LogP contribution in [-0.4, -0.2) is 59.9 Å². The molecule has 1 aromatic heterocycles. The molecular formula is C27H29N3O5. The van der Waals surface area contributed by atoms with E-state index in [1.54, 1.807) is 36.1 Å². The van der Waals surface area contributed by atoms with Crippen LogP contribution in [0.2, 0.25) is 0 Å². The molecule has 1 fully saturated rings. The first-order valence-electron chi connectivity index (χ1n) is 11.6. The highest BCUT2D eigenvalue weighted by atomic mass is 16.5. The van der Waals surface area contributed by atoms with Gasteiger partial charge in [-0.05, 0) is 49.2 Å². The minimum absolute atomic E-state index is 0.167. The van der Waals surface area contributed by atoms with Crippen LogP contribution >= 0.6 is 0 Å². The van der Waals surface area contributed by atoms with Gasteiger partial charge in [0.25, 0.3) is 11.8 Å². The molecule has 2 heterocycles. The van der Waals surface area contributed by atoms with E-state index in [4.69, 9.17) is 9.15 Å². The molecule has 2 aromatic carbocycles. The van der Waals surface area contributed by atoms with Gasteiger partial charge in [-0.25, -0.2) is 4.79 Å². The van der Waals surface area contributed by atoms with Crippen molar-refractivity contribution in [2.75, 3.05) is 31.5 Å². The zero-order valence-electron chi connectivity index (χ0n) is 19.9. The third-order valence-corrected chi connectivity index (χ3v) is 6.03. The van der Waals surface area contributed by atoms with Gasteiger partial charge in [0.1, 0.15) is 0 Å². The number of carbonyl (C=O) groups excluding carboxylic acids is 3. The molecule has 3 aromatic rings. The minimum atomic E-state index is -0.911. The number of rotatable bonds is 7. The standard InChI is InChI=1S/C27H29N3O5/c1-19-10-11-22(17-23(19)28-25(31)24-9-6-16-34-24)27(33)35-20(2)26(32)30-14-12-29(13-15-30)18-21-7-4-3-5-8-21/h3-11,16-17,20H,12-15,18H2,1-2H3,(H,28,31)/t20-/m0/s1. The first kappa shape index (κ1) is 24.2. The first-order chi connectivity index (χ1) is 16.9. The molecule has 0 saturated carbocycles. The molecule has 8 nitrogen and oxygen atoms in total. The van der Waals surface area contributed by atoms with Crippen molar-refractivity contribution in [2.24, 2.45) is 0 Å². The highest BCUT2D eigenvalue weighted by Crippen LogP contribution is 2.20. The molecule has 2 amide bonds. The quantitative estimate of drug-likeness (QED) is 0.524. The van der Waals surface area contributed by atoms with Crippen molar-refractivity contribution in [3.8, 4) is 0 Å². The molecule has 0 aliphatic carbocycles. The third-order valence-electron chi connectivity index (χ3n) is 6.03. The summed E-state index contributed by atoms with van der Waals surface area (Å²) in [5.41, 5.74) is 2.73. The fourth-order valence-corrected chi connectivity index (χ4v) is 3.98. The average molecular weight is 476 g/mol. The maximum Gasteiger partial charge on any atom is 0.338 e. The van der Waals surface area contributed by atoms with Crippen LogP contribution in [0, 0.1) is 6.92 Å². The lowest BCUT2D eigenvalue weighted by molar-refractivity contribution is -0.141. The van der Waals surface area contributed by atoms with Crippen molar-refractivity contribution in [3.05, 3.63) is 89.4 Å². The normalized spacial score (nSPS) is 14.9. The number of benzene rings is 2. The molecule has 1 N–H and O–H groups in total. The molecule has 182 valence electrons. The molecule has 0 bridgehead atoms. The van der Waals surface area contributed by atoms with Crippen molar-refractivity contribution in [3.63, 3.8) is 0 Å². The number of anilines is 1. The second-order valence-corrected chi connectivity index (χ2v) is 8.60. The van der Waals surface area contributed by atoms with Crippen LogP contribution in [0.1, 0.15) is 39.0 Å². The van der Waals surface area contributed by atoms with Crippen LogP contribution in [0.15, 0.2) is 71.3 Å². The Hall–Kier alpha value is -3.91. The summed E-state index contributed by atoms with van der Waals surface area (Å²) in [7, 11) is 0. The Kier molecular flexibility index (Phi) is 7.62. The first-order valence-corrected chi connectivity index (χ1v) is 11.6. The van der Waals surface area contributed by atoms with Gasteiger partial charge < -0.3 is 19.4 Å². The zero-order valence-corrected chi connectivity index (χ0v) is 19.9. The maximum atomic E-state index is 12.9. The fourth-order valence-electron chi connectivity index (χ4n) is 3.98. The van der Waals surface area contributed by atoms with Gasteiger partial charge in [0.2, 0.25) is 0 Å². The summed E-state index contributed by atoms with van der Waals surface area (Å²) >= 11 is 0. The number of carbonyl (C=O) groups is 3. The Bertz CT molecular complexity index is 1170. The summed E-state index contributed by atoms with van der Waals surface area (Å²) in [6.07, 6.45) is 0.502. The van der Waals surface area contributed by atoms with Gasteiger partial charge in [-0.1, -0.05) is 36.4 Å². The van der Waals surface area contributed by atoms with Crippen molar-refractivity contribution < 1.29 is 23.5 Å². The molecule has 1 aliphatic heterocycles. The molecule has 0 spiro atoms. The third kappa shape index (κ3) is 6.16. The zero-order chi connectivity index (χ0) is 24.8. The van der Waals surface area contributed by atoms with Gasteiger partial charge >= 0.3 is 5.97 Å². The van der Waals surface area contributed by atoms with Gasteiger partial charge in [0, 0.05) is 38.4 Å². The molecule has 1 saturated heterocycles. The number of nitrogens with one attached hydrogen (secondary N) is 1. The monoisotopic (exact) mass is 475 g/mol. The molecule has 1 atom stereocenters. The van der Waals surface area contributed by atoms with E-state index >= 15 is 0 Å². The molecule has 8 heteroatoms. The maximum absolute atomic E-state index is 12.9. The van der Waals surface area contributed by atoms with E-state index in [1.165, 1.54) is 17.9 Å². The van der Waals surface area contributed by atoms with Crippen LogP contribution in [0.3, 0.4) is 0 Å². The van der Waals surface area contributed by atoms with E-state index in [9.17, 15) is 14.4 Å². The average Bonchev–Trinajstić information content (AvgIpc) is 3.41. The highest BCUT2D eigenvalue weighted by Gasteiger charge is 2.27. The SMILES string of the molecule is Cc1ccc(C(=O)O[C@@H](C)C(=O)N2CCN(Cc3ccccc3)CC2)cc1NC(=O)c1ccco1. The molecule has 0 unspecified atom stereocenters. The predicted molar refractivity (Wildman–Crippen MR) is 131 cm³/mol. The van der Waals surface area contributed by atoms with Gasteiger partial charge in [0.15, 0.2) is 11.9 Å². The Morgan fingerprint density at radius 1 is 1.00 bits per heavy atom. The lowest BCUT2D eigenvalue weighted by Crippen LogP contribution is -2.51. The number of hydrogen-bond acceptors (Lipinski definition) is 6. The minimum Gasteiger partial charge on any atom is -0.459 e. The number of esters is 1. The Balaban J connectivity index is 1.31. The second-order valence-electron chi connectivity index (χ2n) is 8.60. The van der Waals surface area contributed by atoms with Crippen LogP contribution in [0.4, 0.5) is 5.69 Å². The summed E-state index contributed by atoms with van der Waals surface area (Å²) < 4.78 is 10.6. The van der Waals surface area contributed by atoms with Crippen molar-refractivity contribution >= 4 is 23.5 Å². The summed E-state index contributed by atoms with van der Waals surface area (Å²) in [5, 5.41) is 2.74. The van der Waals surface area contributed by atoms with E-state index in [1.807, 2.05) is 25.1 Å². The van der Waals surface area contributed by atoms with Gasteiger partial charge in [-0.2, -0.15) is 0 Å². The topological polar surface area (TPSA) is 92.1 Å². The Morgan fingerprint density at radius 2 is 1.74 bits per heavy atom. The van der Waals surface area contributed by atoms with Gasteiger partial charge in [0.05, 0.1) is 11.8 Å². The lowest BCUT2D eigenvalue weighted by atomic mass is 10.1. The highest BCUT2D eigenvalue weighted by molar-refractivity contribution is 6.03. The fraction of sp³-hybridized carbons (Fsp3) is 0.296. The second kappa shape index (κ2) is 11.0. The number of nitrogens with zero attached hydrogens (tertiary/aromatic N) is 2. The van der Waals surface area contributed by atoms with Crippen molar-refractivity contribution in [1.82, 2.24) is 9.80 Å². The number of aryl methyl sites for hydroxylation is 1. The molecular weight excluding hydrogens is 446 g/mol. The number of hydrogen-bond donors (Lipinski definition) is 1. The van der Waals surface area contributed by atoms with Crippen LogP contribution in [0.5, 0.6) is 0 Å². The van der Waals surface area contributed by atoms with Crippen LogP contribution < -0.4 is 5.32 Å². The van der Waals surface area contributed by atoms with Crippen LogP contribution in [0.25, 0.3) is 0 Å². The van der Waals surface area contributed by atoms with Crippen LogP contribution in [-0.2, 0) is 16.1 Å². The molecule has 35 heavy (non-hydrogen) atoms. The van der Waals surface area contributed by atoms with E-state index in [2.05, 4.69) is 22.3 Å². The van der Waals surface area contributed by atoms with E-state index in [0.717, 1.165) is 25.2 Å². The number of piperazine rings is 1. The van der Waals surface area contributed by atoms with E-state index in [-0.39, 0.29) is 17.2 Å². The Morgan fingerprint density at radius 3 is 2.43 bits per heavy atom. The number of ether oxygens (including phenoxy) is 1. The summed E-state index contributed by atoms with van der Waals surface area (Å²) in [4.78, 5) is 42.0. The van der Waals surface area contributed by atoms with Crippen molar-refractivity contribution in [1.29, 1.82) is 0 Å². The predicted octanol–water partition coefficient (Wildman–Crippen LogP) is 3.73. The van der Waals surface area contributed by atoms with Gasteiger partial charge in [-0.3, -0.25) is 14.5 Å². The smallest absolute Gasteiger partial charge is 0.338 e. The van der Waals surface area contributed by atoms with Crippen molar-refractivity contribution in [2.45, 2.75) is 26.5 Å². The number of furan rings is 1. The summed E-state index contributed by atoms with van der Waals surface area (Å²) in [6.45, 7) is 6.94. The summed E-state index contributed by atoms with van der Waals surface area (Å²) in [6, 6.07) is 18.3. The largest absolute Gasteiger partial charge is 0.459 e. The van der Waals surface area contributed by atoms with Gasteiger partial charge in [-0.15, -0.1) is 0 Å². The lowest BCUT2D eigenvalue weighted by Gasteiger charge is -2.35. The number of amides is 2. The van der Waals surface area contributed by atoms with E-state index < -0.39 is 18.0 Å². The molecule has 1 aliphatic rings. The molecule has 4 rings (SSSR count).